The molecule has 2 aliphatic heterocycles. The molecular formula is C17H15N7O4S3. The Hall–Kier alpha value is -2.89. The Morgan fingerprint density at radius 1 is 1.52 bits per heavy atom. The van der Waals surface area contributed by atoms with E-state index in [4.69, 9.17) is 0 Å². The molecule has 0 aliphatic carbocycles. The van der Waals surface area contributed by atoms with Crippen molar-refractivity contribution in [1.82, 2.24) is 30.8 Å². The molecule has 160 valence electrons. The van der Waals surface area contributed by atoms with Crippen LogP contribution in [0.2, 0.25) is 0 Å². The van der Waals surface area contributed by atoms with Crippen molar-refractivity contribution in [2.24, 2.45) is 0 Å². The molecule has 2 aromatic rings. The minimum absolute atomic E-state index is 0.0134. The summed E-state index contributed by atoms with van der Waals surface area (Å²) in [5.74, 6) is -1.73. The Balaban J connectivity index is 1.53. The first kappa shape index (κ1) is 21.3. The number of carbonyl (C=O) groups is 3. The molecule has 2 amide bonds. The Bertz CT molecular complexity index is 1060. The number of H-pyrrole nitrogens is 1. The normalized spacial score (nSPS) is 21.1. The number of nitrogens with one attached hydrogen (secondary N) is 2. The van der Waals surface area contributed by atoms with Gasteiger partial charge in [-0.3, -0.25) is 14.5 Å². The van der Waals surface area contributed by atoms with E-state index in [-0.39, 0.29) is 29.6 Å². The van der Waals surface area contributed by atoms with Crippen LogP contribution < -0.4 is 5.32 Å². The van der Waals surface area contributed by atoms with E-state index in [0.717, 1.165) is 16.6 Å². The summed E-state index contributed by atoms with van der Waals surface area (Å²) >= 11 is 3.91. The number of nitrogens with zero attached hydrogens (tertiary/aromatic N) is 5. The van der Waals surface area contributed by atoms with E-state index in [9.17, 15) is 24.8 Å². The number of thioether (sulfide) groups is 2. The Labute approximate surface area is 188 Å². The third-order valence-corrected chi connectivity index (χ3v) is 7.97. The van der Waals surface area contributed by atoms with Crippen LogP contribution in [0.4, 0.5) is 0 Å². The second kappa shape index (κ2) is 9.08. The number of aliphatic carboxylic acids is 1. The molecule has 4 heterocycles. The lowest BCUT2D eigenvalue weighted by molar-refractivity contribution is -0.150. The van der Waals surface area contributed by atoms with Crippen molar-refractivity contribution in [3.8, 4) is 6.07 Å². The minimum atomic E-state index is -1.26. The van der Waals surface area contributed by atoms with E-state index in [1.165, 1.54) is 28.0 Å². The van der Waals surface area contributed by atoms with Crippen LogP contribution >= 0.6 is 34.9 Å². The SMILES string of the molecule is N#CCC(Sc1nn[nH]n1)C1=C(C(=O)O)N2C(=O)C(NC(=O)Cc3cccs3)[C@H]2SC1. The van der Waals surface area contributed by atoms with Crippen LogP contribution in [0.1, 0.15) is 11.3 Å². The highest BCUT2D eigenvalue weighted by atomic mass is 32.2. The average Bonchev–Trinajstić information content (AvgIpc) is 3.44. The molecule has 2 unspecified atom stereocenters. The maximum absolute atomic E-state index is 12.8. The smallest absolute Gasteiger partial charge is 0.352 e. The van der Waals surface area contributed by atoms with Crippen molar-refractivity contribution in [2.45, 2.75) is 34.7 Å². The number of rotatable bonds is 8. The fraction of sp³-hybridized carbons (Fsp3) is 0.353. The summed E-state index contributed by atoms with van der Waals surface area (Å²) in [6.45, 7) is 0. The van der Waals surface area contributed by atoms with Crippen LogP contribution in [0.5, 0.6) is 0 Å². The number of aromatic nitrogens is 4. The zero-order chi connectivity index (χ0) is 22.0. The maximum Gasteiger partial charge on any atom is 0.352 e. The zero-order valence-electron chi connectivity index (χ0n) is 15.7. The molecule has 2 aromatic heterocycles. The molecule has 0 bridgehead atoms. The van der Waals surface area contributed by atoms with Crippen molar-refractivity contribution in [1.29, 1.82) is 5.26 Å². The van der Waals surface area contributed by atoms with Gasteiger partial charge in [-0.1, -0.05) is 17.8 Å². The van der Waals surface area contributed by atoms with Gasteiger partial charge in [-0.05, 0) is 22.2 Å². The number of β-lactam (4-membered cyclic amide) rings is 1. The fourth-order valence-corrected chi connectivity index (χ4v) is 6.50. The van der Waals surface area contributed by atoms with Gasteiger partial charge in [0, 0.05) is 15.9 Å². The van der Waals surface area contributed by atoms with Crippen LogP contribution in [0.15, 0.2) is 33.9 Å². The number of nitriles is 1. The summed E-state index contributed by atoms with van der Waals surface area (Å²) in [7, 11) is 0. The summed E-state index contributed by atoms with van der Waals surface area (Å²) in [6, 6.07) is 4.94. The number of amides is 2. The molecular weight excluding hydrogens is 462 g/mol. The molecule has 14 heteroatoms. The number of carboxylic acids is 1. The van der Waals surface area contributed by atoms with E-state index in [2.05, 4.69) is 25.9 Å². The van der Waals surface area contributed by atoms with Crippen LogP contribution in [-0.4, -0.2) is 70.8 Å². The van der Waals surface area contributed by atoms with Gasteiger partial charge in [0.2, 0.25) is 11.1 Å². The lowest BCUT2D eigenvalue weighted by Crippen LogP contribution is -2.70. The number of carbonyl (C=O) groups excluding carboxylic acids is 2. The van der Waals surface area contributed by atoms with Gasteiger partial charge in [0.05, 0.1) is 18.9 Å². The summed E-state index contributed by atoms with van der Waals surface area (Å²) in [4.78, 5) is 39.2. The Kier molecular flexibility index (Phi) is 6.25. The van der Waals surface area contributed by atoms with Crippen LogP contribution in [0.3, 0.4) is 0 Å². The summed E-state index contributed by atoms with van der Waals surface area (Å²) < 4.78 is 0. The van der Waals surface area contributed by atoms with E-state index in [0.29, 0.717) is 11.3 Å². The molecule has 1 fully saturated rings. The molecule has 0 saturated carbocycles. The molecule has 0 aromatic carbocycles. The topological polar surface area (TPSA) is 165 Å². The van der Waals surface area contributed by atoms with Gasteiger partial charge >= 0.3 is 5.97 Å². The Morgan fingerprint density at radius 3 is 3.00 bits per heavy atom. The van der Waals surface area contributed by atoms with Gasteiger partial charge in [-0.25, -0.2) is 4.79 Å². The first-order valence-corrected chi connectivity index (χ1v) is 11.8. The molecule has 4 rings (SSSR count). The third kappa shape index (κ3) is 4.29. The summed E-state index contributed by atoms with van der Waals surface area (Å²) in [5.41, 5.74) is 0.301. The number of thiophene rings is 1. The third-order valence-electron chi connectivity index (χ3n) is 4.67. The molecule has 0 radical (unpaired) electrons. The van der Waals surface area contributed by atoms with Crippen molar-refractivity contribution >= 4 is 52.6 Å². The molecule has 0 spiro atoms. The minimum Gasteiger partial charge on any atom is -0.477 e. The lowest BCUT2D eigenvalue weighted by Gasteiger charge is -2.50. The van der Waals surface area contributed by atoms with Crippen molar-refractivity contribution in [3.05, 3.63) is 33.7 Å². The fourth-order valence-electron chi connectivity index (χ4n) is 3.33. The lowest BCUT2D eigenvalue weighted by atomic mass is 10.0. The largest absolute Gasteiger partial charge is 0.477 e. The van der Waals surface area contributed by atoms with Gasteiger partial charge in [-0.2, -0.15) is 10.5 Å². The van der Waals surface area contributed by atoms with Gasteiger partial charge in [0.25, 0.3) is 5.91 Å². The monoisotopic (exact) mass is 477 g/mol. The van der Waals surface area contributed by atoms with E-state index in [1.807, 2.05) is 23.6 Å². The number of hydrogen-bond donors (Lipinski definition) is 3. The maximum atomic E-state index is 12.8. The first-order chi connectivity index (χ1) is 15.0. The van der Waals surface area contributed by atoms with Gasteiger partial charge in [-0.15, -0.1) is 33.3 Å². The van der Waals surface area contributed by atoms with Crippen molar-refractivity contribution in [2.75, 3.05) is 5.75 Å². The van der Waals surface area contributed by atoms with Crippen LogP contribution in [-0.2, 0) is 20.8 Å². The second-order valence-electron chi connectivity index (χ2n) is 6.55. The summed E-state index contributed by atoms with van der Waals surface area (Å²) in [6.07, 6.45) is 0.177. The highest BCUT2D eigenvalue weighted by molar-refractivity contribution is 8.01. The van der Waals surface area contributed by atoms with Crippen molar-refractivity contribution in [3.63, 3.8) is 0 Å². The highest BCUT2D eigenvalue weighted by Gasteiger charge is 2.54. The summed E-state index contributed by atoms with van der Waals surface area (Å²) in [5, 5.41) is 36.3. The van der Waals surface area contributed by atoms with Gasteiger partial charge < -0.3 is 10.4 Å². The Morgan fingerprint density at radius 2 is 2.35 bits per heavy atom. The van der Waals surface area contributed by atoms with Crippen LogP contribution in [0, 0.1) is 11.3 Å². The molecule has 3 atom stereocenters. The van der Waals surface area contributed by atoms with E-state index in [1.54, 1.807) is 0 Å². The standard InChI is InChI=1S/C17H15N7O4S3/c18-4-3-10(31-17-20-22-23-21-17)9-7-30-15-12(14(26)24(15)13(9)16(27)28)19-11(25)6-8-2-1-5-29-8/h1-2,5,10,12,15H,3,6-7H2,(H,19,25)(H,27,28)(H,20,21,22,23)/t10?,12?,15-/m1/s1. The second-order valence-corrected chi connectivity index (χ2v) is 9.86. The van der Waals surface area contributed by atoms with Gasteiger partial charge in [0.15, 0.2) is 0 Å². The van der Waals surface area contributed by atoms with Gasteiger partial charge in [0.1, 0.15) is 17.1 Å². The molecule has 31 heavy (non-hydrogen) atoms. The van der Waals surface area contributed by atoms with Crippen molar-refractivity contribution < 1.29 is 19.5 Å². The molecule has 1 saturated heterocycles. The predicted molar refractivity (Wildman–Crippen MR) is 112 cm³/mol. The molecule has 11 nitrogen and oxygen atoms in total. The van der Waals surface area contributed by atoms with E-state index >= 15 is 0 Å². The number of fused-ring (bicyclic) bond motifs is 1. The first-order valence-electron chi connectivity index (χ1n) is 8.99. The quantitative estimate of drug-likeness (QED) is 0.362. The average molecular weight is 478 g/mol. The highest BCUT2D eigenvalue weighted by Crippen LogP contribution is 2.44. The number of tetrazole rings is 1. The molecule has 2 aliphatic rings. The predicted octanol–water partition coefficient (Wildman–Crippen LogP) is 0.617. The molecule has 3 N–H and O–H groups in total. The number of carboxylic acid groups (broad SMARTS) is 1. The zero-order valence-corrected chi connectivity index (χ0v) is 18.2. The number of hydrogen-bond acceptors (Lipinski definition) is 10. The number of aromatic amines is 1. The van der Waals surface area contributed by atoms with Crippen LogP contribution in [0.25, 0.3) is 0 Å². The van der Waals surface area contributed by atoms with E-state index < -0.39 is 28.5 Å².